The average molecular weight is 639 g/mol. The molecular formula is C30H34Cl3N3O4S. The van der Waals surface area contributed by atoms with Crippen LogP contribution < -0.4 is 9.62 Å². The van der Waals surface area contributed by atoms with Crippen LogP contribution >= 0.6 is 34.8 Å². The highest BCUT2D eigenvalue weighted by Gasteiger charge is 2.31. The van der Waals surface area contributed by atoms with Gasteiger partial charge in [-0.3, -0.25) is 13.9 Å². The lowest BCUT2D eigenvalue weighted by Crippen LogP contribution is -2.50. The molecule has 2 amide bonds. The van der Waals surface area contributed by atoms with Gasteiger partial charge in [-0.2, -0.15) is 0 Å². The molecule has 0 unspecified atom stereocenters. The molecule has 41 heavy (non-hydrogen) atoms. The van der Waals surface area contributed by atoms with E-state index in [9.17, 15) is 18.0 Å². The van der Waals surface area contributed by atoms with E-state index in [2.05, 4.69) is 5.32 Å². The molecule has 1 atom stereocenters. The number of rotatable bonds is 13. The van der Waals surface area contributed by atoms with E-state index in [1.165, 1.54) is 9.21 Å². The number of aryl methyl sites for hydroxylation is 1. The van der Waals surface area contributed by atoms with E-state index in [0.717, 1.165) is 17.4 Å². The number of nitrogens with one attached hydrogen (secondary N) is 1. The number of amides is 2. The molecule has 0 bridgehead atoms. The first-order chi connectivity index (χ1) is 19.4. The monoisotopic (exact) mass is 637 g/mol. The SMILES string of the molecule is CCNC(=O)[C@@H](Cc1ccccc1)N(Cc1c(Cl)cccc1Cl)C(=O)CCCN(c1cc(Cl)ccc1C)S(C)(=O)=O. The van der Waals surface area contributed by atoms with Crippen LogP contribution in [-0.2, 0) is 32.6 Å². The van der Waals surface area contributed by atoms with Crippen LogP contribution in [0.1, 0.15) is 36.5 Å². The first-order valence-corrected chi connectivity index (χ1v) is 16.2. The lowest BCUT2D eigenvalue weighted by molar-refractivity contribution is -0.141. The number of halogens is 3. The van der Waals surface area contributed by atoms with Gasteiger partial charge in [-0.1, -0.05) is 77.3 Å². The smallest absolute Gasteiger partial charge is 0.243 e. The van der Waals surface area contributed by atoms with Gasteiger partial charge in [0.25, 0.3) is 0 Å². The van der Waals surface area contributed by atoms with Crippen molar-refractivity contribution in [3.8, 4) is 0 Å². The Morgan fingerprint density at radius 2 is 1.61 bits per heavy atom. The van der Waals surface area contributed by atoms with Crippen molar-refractivity contribution in [2.45, 2.75) is 45.7 Å². The Balaban J connectivity index is 1.92. The van der Waals surface area contributed by atoms with Gasteiger partial charge in [0.2, 0.25) is 21.8 Å². The molecule has 11 heteroatoms. The molecule has 0 aliphatic rings. The summed E-state index contributed by atoms with van der Waals surface area (Å²) in [7, 11) is -3.66. The van der Waals surface area contributed by atoms with E-state index in [0.29, 0.717) is 32.9 Å². The van der Waals surface area contributed by atoms with Gasteiger partial charge >= 0.3 is 0 Å². The normalized spacial score (nSPS) is 12.0. The maximum absolute atomic E-state index is 13.9. The molecule has 0 aromatic heterocycles. The number of carbonyl (C=O) groups is 2. The number of sulfonamides is 1. The fourth-order valence-corrected chi connectivity index (χ4v) is 6.23. The Morgan fingerprint density at radius 3 is 2.22 bits per heavy atom. The van der Waals surface area contributed by atoms with Gasteiger partial charge in [0.05, 0.1) is 11.9 Å². The van der Waals surface area contributed by atoms with E-state index in [1.54, 1.807) is 43.3 Å². The summed E-state index contributed by atoms with van der Waals surface area (Å²) in [4.78, 5) is 28.7. The van der Waals surface area contributed by atoms with Crippen LogP contribution in [0.5, 0.6) is 0 Å². The second kappa shape index (κ2) is 14.9. The maximum atomic E-state index is 13.9. The number of carbonyl (C=O) groups excluding carboxylic acids is 2. The Morgan fingerprint density at radius 1 is 0.951 bits per heavy atom. The van der Waals surface area contributed by atoms with Crippen LogP contribution in [0.25, 0.3) is 0 Å². The predicted molar refractivity (Wildman–Crippen MR) is 167 cm³/mol. The lowest BCUT2D eigenvalue weighted by atomic mass is 10.0. The van der Waals surface area contributed by atoms with Crippen LogP contribution in [0.15, 0.2) is 66.7 Å². The molecule has 3 aromatic carbocycles. The predicted octanol–water partition coefficient (Wildman–Crippen LogP) is 6.28. The molecule has 0 radical (unpaired) electrons. The summed E-state index contributed by atoms with van der Waals surface area (Å²) in [6.45, 7) is 4.06. The molecule has 0 saturated carbocycles. The summed E-state index contributed by atoms with van der Waals surface area (Å²) in [6.07, 6.45) is 1.58. The molecule has 0 saturated heterocycles. The minimum Gasteiger partial charge on any atom is -0.355 e. The summed E-state index contributed by atoms with van der Waals surface area (Å²) < 4.78 is 26.7. The van der Waals surface area contributed by atoms with Crippen molar-refractivity contribution in [1.82, 2.24) is 10.2 Å². The lowest BCUT2D eigenvalue weighted by Gasteiger charge is -2.32. The van der Waals surface area contributed by atoms with Crippen molar-refractivity contribution in [2.75, 3.05) is 23.7 Å². The van der Waals surface area contributed by atoms with Crippen molar-refractivity contribution < 1.29 is 18.0 Å². The highest BCUT2D eigenvalue weighted by atomic mass is 35.5. The van der Waals surface area contributed by atoms with Crippen LogP contribution in [0.2, 0.25) is 15.1 Å². The fraction of sp³-hybridized carbons (Fsp3) is 0.333. The Bertz CT molecular complexity index is 1450. The summed E-state index contributed by atoms with van der Waals surface area (Å²) in [5.41, 5.74) is 2.60. The molecule has 0 fully saturated rings. The van der Waals surface area contributed by atoms with Crippen molar-refractivity contribution in [1.29, 1.82) is 0 Å². The highest BCUT2D eigenvalue weighted by Crippen LogP contribution is 2.29. The van der Waals surface area contributed by atoms with Crippen molar-refractivity contribution in [2.24, 2.45) is 0 Å². The maximum Gasteiger partial charge on any atom is 0.243 e. The minimum absolute atomic E-state index is 0.00909. The molecular weight excluding hydrogens is 605 g/mol. The average Bonchev–Trinajstić information content (AvgIpc) is 2.91. The molecule has 3 aromatic rings. The summed E-state index contributed by atoms with van der Waals surface area (Å²) >= 11 is 19.1. The zero-order valence-electron chi connectivity index (χ0n) is 23.2. The summed E-state index contributed by atoms with van der Waals surface area (Å²) in [5.74, 6) is -0.635. The van der Waals surface area contributed by atoms with Gasteiger partial charge in [-0.05, 0) is 55.7 Å². The zero-order chi connectivity index (χ0) is 30.2. The van der Waals surface area contributed by atoms with E-state index in [1.807, 2.05) is 37.3 Å². The Kier molecular flexibility index (Phi) is 11.9. The molecule has 0 aliphatic carbocycles. The second-order valence-corrected chi connectivity index (χ2v) is 12.8. The quantitative estimate of drug-likeness (QED) is 0.239. The van der Waals surface area contributed by atoms with Gasteiger partial charge in [0, 0.05) is 53.1 Å². The molecule has 7 nitrogen and oxygen atoms in total. The van der Waals surface area contributed by atoms with Gasteiger partial charge in [-0.15, -0.1) is 0 Å². The third kappa shape index (κ3) is 9.10. The van der Waals surface area contributed by atoms with Crippen LogP contribution in [-0.4, -0.2) is 50.5 Å². The molecule has 220 valence electrons. The molecule has 1 N–H and O–H groups in total. The van der Waals surface area contributed by atoms with E-state index >= 15 is 0 Å². The minimum atomic E-state index is -3.66. The van der Waals surface area contributed by atoms with Gasteiger partial charge in [0.15, 0.2) is 0 Å². The van der Waals surface area contributed by atoms with Gasteiger partial charge in [-0.25, -0.2) is 8.42 Å². The molecule has 3 rings (SSSR count). The number of anilines is 1. The number of likely N-dealkylation sites (N-methyl/N-ethyl adjacent to an activating group) is 1. The second-order valence-electron chi connectivity index (χ2n) is 9.69. The largest absolute Gasteiger partial charge is 0.355 e. The van der Waals surface area contributed by atoms with Crippen molar-refractivity contribution in [3.63, 3.8) is 0 Å². The van der Waals surface area contributed by atoms with Crippen LogP contribution in [0.3, 0.4) is 0 Å². The molecule has 0 heterocycles. The fourth-order valence-electron chi connectivity index (χ4n) is 4.53. The number of nitrogens with zero attached hydrogens (tertiary/aromatic N) is 2. The van der Waals surface area contributed by atoms with E-state index < -0.39 is 16.1 Å². The summed E-state index contributed by atoms with van der Waals surface area (Å²) in [6, 6.07) is 18.7. The third-order valence-electron chi connectivity index (χ3n) is 6.60. The number of benzene rings is 3. The van der Waals surface area contributed by atoms with Gasteiger partial charge in [0.1, 0.15) is 6.04 Å². The third-order valence-corrected chi connectivity index (χ3v) is 8.73. The summed E-state index contributed by atoms with van der Waals surface area (Å²) in [5, 5.41) is 4.01. The van der Waals surface area contributed by atoms with Crippen LogP contribution in [0, 0.1) is 6.92 Å². The molecule has 0 spiro atoms. The topological polar surface area (TPSA) is 86.8 Å². The van der Waals surface area contributed by atoms with E-state index in [4.69, 9.17) is 34.8 Å². The standard InChI is InChI=1S/C30H34Cl3N3O4S/c1-4-34-30(38)28(18-22-10-6-5-7-11-22)35(20-24-25(32)12-8-13-26(24)33)29(37)14-9-17-36(41(3,39)40)27-19-23(31)16-15-21(27)2/h5-8,10-13,15-16,19,28H,4,9,14,17-18,20H2,1-3H3,(H,34,38)/t28-/m1/s1. The van der Waals surface area contributed by atoms with Crippen molar-refractivity contribution >= 4 is 62.3 Å². The first-order valence-electron chi connectivity index (χ1n) is 13.2. The number of hydrogen-bond acceptors (Lipinski definition) is 4. The van der Waals surface area contributed by atoms with Gasteiger partial charge < -0.3 is 10.2 Å². The Hall–Kier alpha value is -2.78. The molecule has 0 aliphatic heterocycles. The first kappa shape index (κ1) is 32.7. The van der Waals surface area contributed by atoms with Crippen LogP contribution in [0.4, 0.5) is 5.69 Å². The highest BCUT2D eigenvalue weighted by molar-refractivity contribution is 7.92. The van der Waals surface area contributed by atoms with E-state index in [-0.39, 0.29) is 44.2 Å². The Labute approximate surface area is 257 Å². The zero-order valence-corrected chi connectivity index (χ0v) is 26.3. The number of hydrogen-bond donors (Lipinski definition) is 1. The van der Waals surface area contributed by atoms with Crippen molar-refractivity contribution in [3.05, 3.63) is 98.5 Å².